The Morgan fingerprint density at radius 1 is 0.667 bits per heavy atom. The summed E-state index contributed by atoms with van der Waals surface area (Å²) in [6.07, 6.45) is 0. The normalized spacial score (nSPS) is 22.0. The van der Waals surface area contributed by atoms with Gasteiger partial charge >= 0.3 is 0 Å². The molecule has 1 fully saturated rings. The first-order chi connectivity index (χ1) is 20.2. The van der Waals surface area contributed by atoms with E-state index in [1.54, 1.807) is 31.2 Å². The molecule has 42 heavy (non-hydrogen) atoms. The summed E-state index contributed by atoms with van der Waals surface area (Å²) in [6.45, 7) is 7.59. The minimum Gasteiger partial charge on any atom is -0.294 e. The second-order valence-corrected chi connectivity index (χ2v) is 15.0. The highest BCUT2D eigenvalue weighted by atomic mass is 32.2. The lowest BCUT2D eigenvalue weighted by molar-refractivity contribution is -0.133. The van der Waals surface area contributed by atoms with Crippen molar-refractivity contribution in [1.82, 2.24) is 0 Å². The zero-order valence-corrected chi connectivity index (χ0v) is 27.0. The lowest BCUT2D eigenvalue weighted by Gasteiger charge is -2.48. The number of benzene rings is 2. The van der Waals surface area contributed by atoms with Crippen LogP contribution in [-0.2, 0) is 19.2 Å². The van der Waals surface area contributed by atoms with Crippen molar-refractivity contribution >= 4 is 69.5 Å². The molecule has 2 aromatic rings. The van der Waals surface area contributed by atoms with Crippen LogP contribution in [0.1, 0.15) is 50.7 Å². The predicted octanol–water partition coefficient (Wildman–Crippen LogP) is 7.80. The van der Waals surface area contributed by atoms with Gasteiger partial charge in [0.05, 0.1) is 11.5 Å². The number of halogens is 2. The molecule has 0 heterocycles. The van der Waals surface area contributed by atoms with Gasteiger partial charge in [0.15, 0.2) is 11.6 Å². The lowest BCUT2D eigenvalue weighted by atomic mass is 9.55. The molecule has 10 heteroatoms. The first kappa shape index (κ1) is 32.8. The van der Waals surface area contributed by atoms with E-state index in [-0.39, 0.29) is 11.4 Å². The van der Waals surface area contributed by atoms with Crippen molar-refractivity contribution < 1.29 is 28.0 Å². The Labute approximate surface area is 262 Å². The number of carbonyl (C=O) groups is 4. The lowest BCUT2D eigenvalue weighted by Crippen LogP contribution is -2.49. The van der Waals surface area contributed by atoms with Gasteiger partial charge in [0.2, 0.25) is 5.78 Å². The Morgan fingerprint density at radius 3 is 1.69 bits per heavy atom. The molecule has 2 aromatic carbocycles. The molecule has 2 aliphatic carbocycles. The van der Waals surface area contributed by atoms with Crippen LogP contribution < -0.4 is 0 Å². The quantitative estimate of drug-likeness (QED) is 0.139. The number of ketones is 3. The van der Waals surface area contributed by atoms with E-state index in [1.807, 2.05) is 20.8 Å². The van der Waals surface area contributed by atoms with Gasteiger partial charge in [-0.3, -0.25) is 19.2 Å². The van der Waals surface area contributed by atoms with E-state index in [0.29, 0.717) is 44.6 Å². The first-order valence-corrected chi connectivity index (χ1v) is 17.8. The van der Waals surface area contributed by atoms with Gasteiger partial charge < -0.3 is 0 Å². The maximum atomic E-state index is 14.9. The Bertz CT molecular complexity index is 1430. The molecule has 0 saturated heterocycles. The van der Waals surface area contributed by atoms with Crippen molar-refractivity contribution in [2.45, 2.75) is 39.5 Å². The van der Waals surface area contributed by atoms with Crippen LogP contribution in [-0.4, -0.2) is 45.5 Å². The number of fused-ring (bicyclic) bond motifs is 2. The minimum absolute atomic E-state index is 0.214. The molecule has 1 saturated carbocycles. The summed E-state index contributed by atoms with van der Waals surface area (Å²) < 4.78 is 29.0. The van der Waals surface area contributed by atoms with Gasteiger partial charge in [-0.25, -0.2) is 8.78 Å². The summed E-state index contributed by atoms with van der Waals surface area (Å²) in [5.74, 6) is -3.66. The standard InChI is InChI=1S/C32H32F2O4S4/c1-5-39-30-24-21(17-9-13-19(33)14-10-17)23(27(35)26(30)29(37)31(38)40-6-2)22(18-11-15-20(34)16-12-18)25(28(24)36)32(41-7-3)42-8-4/h9-16,21-24H,5-8H2,1-4H3/t21-,22+,23-,24+/m1/s1. The first-order valence-electron chi connectivity index (χ1n) is 13.9. The van der Waals surface area contributed by atoms with Gasteiger partial charge in [0, 0.05) is 32.5 Å². The Morgan fingerprint density at radius 2 is 1.19 bits per heavy atom. The van der Waals surface area contributed by atoms with Crippen molar-refractivity contribution in [2.75, 3.05) is 23.0 Å². The molecule has 222 valence electrons. The molecule has 2 aliphatic rings. The number of carbonyl (C=O) groups excluding carboxylic acids is 4. The monoisotopic (exact) mass is 646 g/mol. The SMILES string of the molecule is CCSC(=O)C(=O)C1=C(SCC)[C@@H]2C(=O)C(=C(SCC)SCC)[C@@H](c3ccc(F)cc3)[C@H](C1=O)[C@H]2c1ccc(F)cc1. The molecule has 0 amide bonds. The zero-order chi connectivity index (χ0) is 30.6. The van der Waals surface area contributed by atoms with Crippen LogP contribution in [0.15, 0.2) is 68.8 Å². The molecule has 4 nitrogen and oxygen atoms in total. The third-order valence-electron chi connectivity index (χ3n) is 7.28. The Hall–Kier alpha value is -2.14. The van der Waals surface area contributed by atoms with Crippen LogP contribution in [0.2, 0.25) is 0 Å². The molecule has 0 aromatic heterocycles. The van der Waals surface area contributed by atoms with Gasteiger partial charge in [-0.05, 0) is 58.4 Å². The largest absolute Gasteiger partial charge is 0.294 e. The summed E-state index contributed by atoms with van der Waals surface area (Å²) in [4.78, 5) is 56.4. The average Bonchev–Trinajstić information content (AvgIpc) is 2.97. The Balaban J connectivity index is 2.11. The number of hydrogen-bond acceptors (Lipinski definition) is 8. The van der Waals surface area contributed by atoms with E-state index >= 15 is 0 Å². The van der Waals surface area contributed by atoms with Gasteiger partial charge in [-0.15, -0.1) is 35.3 Å². The van der Waals surface area contributed by atoms with Crippen LogP contribution >= 0.6 is 47.0 Å². The third kappa shape index (κ3) is 6.37. The maximum absolute atomic E-state index is 14.9. The molecule has 2 bridgehead atoms. The van der Waals surface area contributed by atoms with E-state index in [2.05, 4.69) is 0 Å². The molecule has 0 spiro atoms. The second-order valence-electron chi connectivity index (χ2n) is 9.63. The molecule has 0 N–H and O–H groups in total. The molecule has 4 atom stereocenters. The highest BCUT2D eigenvalue weighted by molar-refractivity contribution is 8.22. The third-order valence-corrected chi connectivity index (χ3v) is 11.3. The summed E-state index contributed by atoms with van der Waals surface area (Å²) in [5, 5.41) is -0.737. The van der Waals surface area contributed by atoms with Crippen LogP contribution in [0.25, 0.3) is 0 Å². The fourth-order valence-corrected chi connectivity index (χ4v) is 9.68. The fraction of sp³-hybridized carbons (Fsp3) is 0.375. The molecular formula is C32H32F2O4S4. The van der Waals surface area contributed by atoms with E-state index in [0.717, 1.165) is 16.0 Å². The molecule has 0 unspecified atom stereocenters. The molecule has 0 radical (unpaired) electrons. The van der Waals surface area contributed by atoms with Crippen molar-refractivity contribution in [3.63, 3.8) is 0 Å². The topological polar surface area (TPSA) is 68.3 Å². The summed E-state index contributed by atoms with van der Waals surface area (Å²) >= 11 is 5.12. The highest BCUT2D eigenvalue weighted by Gasteiger charge is 2.58. The number of allylic oxidation sites excluding steroid dienone is 3. The summed E-state index contributed by atoms with van der Waals surface area (Å²) in [7, 11) is 0. The molecule has 0 aliphatic heterocycles. The van der Waals surface area contributed by atoms with Crippen molar-refractivity contribution in [2.24, 2.45) is 11.8 Å². The van der Waals surface area contributed by atoms with Gasteiger partial charge in [0.1, 0.15) is 11.6 Å². The van der Waals surface area contributed by atoms with Gasteiger partial charge in [-0.1, -0.05) is 63.7 Å². The predicted molar refractivity (Wildman–Crippen MR) is 172 cm³/mol. The van der Waals surface area contributed by atoms with E-state index < -0.39 is 52.0 Å². The number of rotatable bonds is 11. The molecule has 4 rings (SSSR count). The average molecular weight is 647 g/mol. The number of Topliss-reactive ketones (excluding diaryl/α,β-unsaturated/α-hetero) is 3. The van der Waals surface area contributed by atoms with Gasteiger partial charge in [-0.2, -0.15) is 0 Å². The number of hydrogen-bond donors (Lipinski definition) is 0. The summed E-state index contributed by atoms with van der Waals surface area (Å²) in [5.41, 5.74) is 1.44. The van der Waals surface area contributed by atoms with Crippen LogP contribution in [0.4, 0.5) is 8.78 Å². The second kappa shape index (κ2) is 14.6. The van der Waals surface area contributed by atoms with Gasteiger partial charge in [0.25, 0.3) is 5.12 Å². The Kier molecular flexibility index (Phi) is 11.4. The maximum Gasteiger partial charge on any atom is 0.260 e. The van der Waals surface area contributed by atoms with Crippen molar-refractivity contribution in [3.05, 3.63) is 91.6 Å². The smallest absolute Gasteiger partial charge is 0.260 e. The number of thioether (sulfide) groups is 4. The van der Waals surface area contributed by atoms with Crippen molar-refractivity contribution in [3.8, 4) is 0 Å². The van der Waals surface area contributed by atoms with E-state index in [1.165, 1.54) is 59.6 Å². The highest BCUT2D eigenvalue weighted by Crippen LogP contribution is 2.60. The van der Waals surface area contributed by atoms with Crippen LogP contribution in [0.3, 0.4) is 0 Å². The molecular weight excluding hydrogens is 615 g/mol. The summed E-state index contributed by atoms with van der Waals surface area (Å²) in [6, 6.07) is 11.5. The van der Waals surface area contributed by atoms with E-state index in [4.69, 9.17) is 0 Å². The van der Waals surface area contributed by atoms with Crippen LogP contribution in [0, 0.1) is 23.5 Å². The zero-order valence-electron chi connectivity index (χ0n) is 23.8. The minimum atomic E-state index is -0.942. The fourth-order valence-electron chi connectivity index (χ4n) is 5.77. The van der Waals surface area contributed by atoms with Crippen LogP contribution in [0.5, 0.6) is 0 Å². The van der Waals surface area contributed by atoms with E-state index in [9.17, 15) is 28.0 Å². The van der Waals surface area contributed by atoms with Crippen molar-refractivity contribution in [1.29, 1.82) is 0 Å².